The molecule has 37 valence electrons. The number of halogens is 1. The molecule has 0 N–H and O–H groups in total. The van der Waals surface area contributed by atoms with Crippen LogP contribution in [0, 0.1) is 18.8 Å². The second kappa shape index (κ2) is 5.59. The summed E-state index contributed by atoms with van der Waals surface area (Å²) >= 11 is 5.17. The average Bonchev–Trinajstić information content (AvgIpc) is 1.69. The lowest BCUT2D eigenvalue weighted by Crippen LogP contribution is -1.61. The molecule has 0 rings (SSSR count). The van der Waals surface area contributed by atoms with Crippen LogP contribution >= 0.6 is 11.6 Å². The number of hydrogen-bond donors (Lipinski definition) is 0. The van der Waals surface area contributed by atoms with E-state index >= 15 is 0 Å². The average molecular weight is 114 g/mol. The fourth-order valence-electron chi connectivity index (χ4n) is 0.188. The summed E-state index contributed by atoms with van der Waals surface area (Å²) < 4.78 is 0. The van der Waals surface area contributed by atoms with Crippen LogP contribution < -0.4 is 0 Å². The summed E-state index contributed by atoms with van der Waals surface area (Å²) in [4.78, 5) is 0. The molecule has 0 amide bonds. The van der Waals surface area contributed by atoms with Gasteiger partial charge >= 0.3 is 0 Å². The Labute approximate surface area is 49.2 Å². The van der Waals surface area contributed by atoms with E-state index < -0.39 is 0 Å². The van der Waals surface area contributed by atoms with Crippen molar-refractivity contribution >= 4 is 11.6 Å². The van der Waals surface area contributed by atoms with E-state index in [1.807, 2.05) is 0 Å². The standard InChI is InChI=1S/C6H6Cl/c1-2-3-4-5-6-7/h1,3,5-6H,4H2. The molecule has 0 fully saturated rings. The lowest BCUT2D eigenvalue weighted by Gasteiger charge is -1.75. The van der Waals surface area contributed by atoms with E-state index in [2.05, 4.69) is 5.92 Å². The maximum atomic E-state index is 5.17. The Balaban J connectivity index is 2.87. The van der Waals surface area contributed by atoms with Gasteiger partial charge in [0.15, 0.2) is 0 Å². The molecule has 1 heteroatoms. The van der Waals surface area contributed by atoms with E-state index in [0.717, 1.165) is 6.42 Å². The van der Waals surface area contributed by atoms with Crippen LogP contribution in [-0.2, 0) is 0 Å². The van der Waals surface area contributed by atoms with E-state index in [-0.39, 0.29) is 0 Å². The normalized spacial score (nSPS) is 9.14. The van der Waals surface area contributed by atoms with Gasteiger partial charge in [-0.2, -0.15) is 0 Å². The van der Waals surface area contributed by atoms with Crippen molar-refractivity contribution in [3.8, 4) is 12.3 Å². The predicted molar refractivity (Wildman–Crippen MR) is 32.7 cm³/mol. The largest absolute Gasteiger partial charge is 0.120 e. The molecule has 0 aliphatic heterocycles. The second-order valence-electron chi connectivity index (χ2n) is 0.968. The number of rotatable bonds is 2. The zero-order chi connectivity index (χ0) is 5.54. The third-order valence-electron chi connectivity index (χ3n) is 0.461. The van der Waals surface area contributed by atoms with E-state index in [9.17, 15) is 0 Å². The molecule has 0 saturated heterocycles. The van der Waals surface area contributed by atoms with Crippen LogP contribution in [0.2, 0.25) is 0 Å². The highest BCUT2D eigenvalue weighted by Crippen LogP contribution is 1.87. The van der Waals surface area contributed by atoms with Crippen LogP contribution in [0.4, 0.5) is 0 Å². The third kappa shape index (κ3) is 5.59. The van der Waals surface area contributed by atoms with E-state index in [4.69, 9.17) is 18.0 Å². The highest BCUT2D eigenvalue weighted by Gasteiger charge is 1.70. The zero-order valence-corrected chi connectivity index (χ0v) is 4.65. The molecule has 7 heavy (non-hydrogen) atoms. The summed E-state index contributed by atoms with van der Waals surface area (Å²) in [5.74, 6) is 2.37. The molecular formula is C6H6Cl. The Bertz CT molecular complexity index is 86.8. The van der Waals surface area contributed by atoms with E-state index in [0.29, 0.717) is 0 Å². The van der Waals surface area contributed by atoms with Crippen LogP contribution in [0.3, 0.4) is 0 Å². The Hall–Kier alpha value is -0.410. The number of allylic oxidation sites excluding steroid dienone is 1. The van der Waals surface area contributed by atoms with Crippen molar-refractivity contribution in [1.29, 1.82) is 0 Å². The molecule has 0 atom stereocenters. The molecule has 0 nitrogen and oxygen atoms in total. The molecule has 0 aromatic heterocycles. The van der Waals surface area contributed by atoms with Crippen molar-refractivity contribution in [1.82, 2.24) is 0 Å². The summed E-state index contributed by atoms with van der Waals surface area (Å²) in [5.41, 5.74) is 1.45. The monoisotopic (exact) mass is 113 g/mol. The van der Waals surface area contributed by atoms with Gasteiger partial charge in [-0.3, -0.25) is 0 Å². The van der Waals surface area contributed by atoms with Crippen molar-refractivity contribution in [3.63, 3.8) is 0 Å². The maximum Gasteiger partial charge on any atom is 0.0375 e. The summed E-state index contributed by atoms with van der Waals surface area (Å²) in [6.45, 7) is 0. The van der Waals surface area contributed by atoms with Crippen LogP contribution in [-0.4, -0.2) is 0 Å². The minimum absolute atomic E-state index is 0.764. The van der Waals surface area contributed by atoms with Gasteiger partial charge in [-0.15, -0.1) is 12.3 Å². The fraction of sp³-hybridized carbons (Fsp3) is 0.167. The molecule has 0 aromatic rings. The zero-order valence-electron chi connectivity index (χ0n) is 3.89. The Morgan fingerprint density at radius 1 is 1.71 bits per heavy atom. The highest BCUT2D eigenvalue weighted by molar-refractivity contribution is 6.25. The van der Waals surface area contributed by atoms with Crippen molar-refractivity contribution < 1.29 is 0 Å². The summed E-state index contributed by atoms with van der Waals surface area (Å²) in [6, 6.07) is 0. The first kappa shape index (κ1) is 6.59. The van der Waals surface area contributed by atoms with Gasteiger partial charge in [0.1, 0.15) is 0 Å². The lowest BCUT2D eigenvalue weighted by molar-refractivity contribution is 1.32. The topological polar surface area (TPSA) is 0 Å². The van der Waals surface area contributed by atoms with Crippen LogP contribution in [0.5, 0.6) is 0 Å². The minimum Gasteiger partial charge on any atom is -0.120 e. The van der Waals surface area contributed by atoms with Gasteiger partial charge < -0.3 is 0 Å². The molecule has 0 spiro atoms. The first-order valence-electron chi connectivity index (χ1n) is 1.95. The van der Waals surface area contributed by atoms with Crippen LogP contribution in [0.25, 0.3) is 0 Å². The summed E-state index contributed by atoms with van der Waals surface area (Å²) in [5, 5.41) is 0. The van der Waals surface area contributed by atoms with Crippen molar-refractivity contribution in [2.45, 2.75) is 6.42 Å². The Morgan fingerprint density at radius 2 is 2.43 bits per heavy atom. The van der Waals surface area contributed by atoms with Crippen LogP contribution in [0.1, 0.15) is 6.42 Å². The predicted octanol–water partition coefficient (Wildman–Crippen LogP) is 1.97. The highest BCUT2D eigenvalue weighted by atomic mass is 35.5. The summed E-state index contributed by atoms with van der Waals surface area (Å²) in [7, 11) is 0. The van der Waals surface area contributed by atoms with Crippen molar-refractivity contribution in [2.24, 2.45) is 0 Å². The van der Waals surface area contributed by atoms with Gasteiger partial charge in [-0.1, -0.05) is 17.7 Å². The van der Waals surface area contributed by atoms with Crippen molar-refractivity contribution in [3.05, 3.63) is 18.0 Å². The first-order chi connectivity index (χ1) is 3.41. The minimum atomic E-state index is 0.764. The fourth-order valence-corrected chi connectivity index (χ4v) is 0.290. The SMILES string of the molecule is C#C[CH]CC=CCl. The maximum absolute atomic E-state index is 5.17. The first-order valence-corrected chi connectivity index (χ1v) is 2.38. The van der Waals surface area contributed by atoms with Gasteiger partial charge in [0.05, 0.1) is 0 Å². The van der Waals surface area contributed by atoms with Gasteiger partial charge in [0.2, 0.25) is 0 Å². The number of hydrogen-bond acceptors (Lipinski definition) is 0. The number of terminal acetylenes is 1. The molecule has 0 unspecified atom stereocenters. The third-order valence-corrected chi connectivity index (χ3v) is 0.639. The van der Waals surface area contributed by atoms with Gasteiger partial charge in [0.25, 0.3) is 0 Å². The molecule has 0 aliphatic rings. The molecule has 0 saturated carbocycles. The molecular weight excluding hydrogens is 108 g/mol. The molecule has 0 heterocycles. The van der Waals surface area contributed by atoms with Gasteiger partial charge in [-0.25, -0.2) is 0 Å². The van der Waals surface area contributed by atoms with Gasteiger partial charge in [0, 0.05) is 12.0 Å². The van der Waals surface area contributed by atoms with E-state index in [1.165, 1.54) is 5.54 Å². The number of unbranched alkanes of at least 4 members (excludes halogenated alkanes) is 1. The smallest absolute Gasteiger partial charge is 0.0375 e. The molecule has 1 radical (unpaired) electrons. The Kier molecular flexibility index (Phi) is 5.26. The van der Waals surface area contributed by atoms with Crippen LogP contribution in [0.15, 0.2) is 11.6 Å². The Morgan fingerprint density at radius 3 is 2.86 bits per heavy atom. The van der Waals surface area contributed by atoms with Crippen molar-refractivity contribution in [2.75, 3.05) is 0 Å². The quantitative estimate of drug-likeness (QED) is 0.379. The molecule has 0 aromatic carbocycles. The summed E-state index contributed by atoms with van der Waals surface area (Å²) in [6.07, 6.45) is 9.12. The molecule has 0 aliphatic carbocycles. The van der Waals surface area contributed by atoms with E-state index in [1.54, 1.807) is 12.5 Å². The second-order valence-corrected chi connectivity index (χ2v) is 1.22. The lowest BCUT2D eigenvalue weighted by atomic mass is 10.3. The van der Waals surface area contributed by atoms with Gasteiger partial charge in [-0.05, 0) is 6.42 Å². The molecule has 0 bridgehead atoms.